The molecule has 0 bridgehead atoms. The van der Waals surface area contributed by atoms with E-state index in [1.54, 1.807) is 33.5 Å². The summed E-state index contributed by atoms with van der Waals surface area (Å²) >= 11 is 0. The smallest absolute Gasteiger partial charge is 0.247 e. The van der Waals surface area contributed by atoms with E-state index in [-0.39, 0.29) is 0 Å². The van der Waals surface area contributed by atoms with Crippen molar-refractivity contribution in [3.63, 3.8) is 0 Å². The summed E-state index contributed by atoms with van der Waals surface area (Å²) in [4.78, 5) is 0. The van der Waals surface area contributed by atoms with Crippen molar-refractivity contribution in [2.45, 2.75) is 12.5 Å². The Bertz CT molecular complexity index is 972. The van der Waals surface area contributed by atoms with Gasteiger partial charge in [0.25, 0.3) is 0 Å². The highest BCUT2D eigenvalue weighted by Gasteiger charge is 2.36. The number of rotatable bonds is 6. The maximum Gasteiger partial charge on any atom is 0.247 e. The molecule has 0 radical (unpaired) electrons. The van der Waals surface area contributed by atoms with Gasteiger partial charge < -0.3 is 14.2 Å². The van der Waals surface area contributed by atoms with Crippen molar-refractivity contribution in [3.05, 3.63) is 53.6 Å². The van der Waals surface area contributed by atoms with E-state index in [0.29, 0.717) is 29.4 Å². The minimum absolute atomic E-state index is 0.399. The molecule has 0 spiro atoms. The molecule has 1 heterocycles. The van der Waals surface area contributed by atoms with Gasteiger partial charge in [0.1, 0.15) is 17.2 Å². The van der Waals surface area contributed by atoms with E-state index in [9.17, 15) is 8.42 Å². The van der Waals surface area contributed by atoms with Crippen LogP contribution in [0.1, 0.15) is 23.6 Å². The molecule has 0 aliphatic carbocycles. The zero-order valence-corrected chi connectivity index (χ0v) is 16.5. The Hall–Kier alpha value is -2.74. The molecule has 7 nitrogen and oxygen atoms in total. The number of ether oxygens (including phenoxy) is 3. The monoisotopic (exact) mass is 390 g/mol. The number of benzene rings is 2. The van der Waals surface area contributed by atoms with E-state index < -0.39 is 16.1 Å². The van der Waals surface area contributed by atoms with Gasteiger partial charge in [-0.3, -0.25) is 0 Å². The molecule has 144 valence electrons. The first kappa shape index (κ1) is 19.0. The highest BCUT2D eigenvalue weighted by atomic mass is 32.2. The first-order valence-corrected chi connectivity index (χ1v) is 10.2. The number of sulfonamides is 1. The lowest BCUT2D eigenvalue weighted by atomic mass is 9.98. The second kappa shape index (κ2) is 7.48. The lowest BCUT2D eigenvalue weighted by molar-refractivity contribution is 0.352. The minimum atomic E-state index is -3.57. The van der Waals surface area contributed by atoms with Gasteiger partial charge in [-0.15, -0.1) is 0 Å². The van der Waals surface area contributed by atoms with E-state index >= 15 is 0 Å². The number of methoxy groups -OCH3 is 3. The van der Waals surface area contributed by atoms with Gasteiger partial charge in [-0.2, -0.15) is 9.52 Å². The summed E-state index contributed by atoms with van der Waals surface area (Å²) in [5, 5.41) is 4.41. The summed E-state index contributed by atoms with van der Waals surface area (Å²) in [6, 6.07) is 12.2. The lowest BCUT2D eigenvalue weighted by Gasteiger charge is -2.23. The van der Waals surface area contributed by atoms with Gasteiger partial charge in [-0.05, 0) is 18.2 Å². The van der Waals surface area contributed by atoms with Crippen molar-refractivity contribution in [1.29, 1.82) is 0 Å². The second-order valence-corrected chi connectivity index (χ2v) is 7.95. The molecular formula is C19H22N2O5S. The molecule has 27 heavy (non-hydrogen) atoms. The standard InChI is InChI=1S/C19H22N2O5S/c1-24-13-9-10-14(19(11-13)26-3)16-12-17(21(20-16)27(4,22)23)15-7-5-6-8-18(15)25-2/h5-11,17H,12H2,1-4H3/t17-/m1/s1. The van der Waals surface area contributed by atoms with E-state index in [1.165, 1.54) is 0 Å². The zero-order chi connectivity index (χ0) is 19.6. The number of nitrogens with zero attached hydrogens (tertiary/aromatic N) is 2. The van der Waals surface area contributed by atoms with E-state index in [1.807, 2.05) is 30.3 Å². The van der Waals surface area contributed by atoms with Crippen LogP contribution in [-0.4, -0.2) is 46.1 Å². The molecule has 0 aromatic heterocycles. The molecule has 0 amide bonds. The Morgan fingerprint density at radius 3 is 2.33 bits per heavy atom. The second-order valence-electron chi connectivity index (χ2n) is 6.11. The van der Waals surface area contributed by atoms with Crippen molar-refractivity contribution in [2.75, 3.05) is 27.6 Å². The van der Waals surface area contributed by atoms with Gasteiger partial charge >= 0.3 is 0 Å². The maximum absolute atomic E-state index is 12.4. The van der Waals surface area contributed by atoms with Gasteiger partial charge in [-0.1, -0.05) is 18.2 Å². The number of hydrogen-bond donors (Lipinski definition) is 0. The van der Waals surface area contributed by atoms with Crippen molar-refractivity contribution in [3.8, 4) is 17.2 Å². The highest BCUT2D eigenvalue weighted by Crippen LogP contribution is 2.40. The van der Waals surface area contributed by atoms with Gasteiger partial charge in [0.05, 0.1) is 39.3 Å². The topological polar surface area (TPSA) is 77.4 Å². The van der Waals surface area contributed by atoms with Gasteiger partial charge in [0.2, 0.25) is 10.0 Å². The molecule has 0 fully saturated rings. The first-order chi connectivity index (χ1) is 12.9. The Morgan fingerprint density at radius 1 is 1.00 bits per heavy atom. The molecule has 1 aliphatic rings. The molecule has 2 aromatic carbocycles. The molecule has 1 aliphatic heterocycles. The first-order valence-electron chi connectivity index (χ1n) is 8.31. The molecule has 0 unspecified atom stereocenters. The summed E-state index contributed by atoms with van der Waals surface area (Å²) in [6.07, 6.45) is 1.54. The molecule has 8 heteroatoms. The predicted molar refractivity (Wildman–Crippen MR) is 103 cm³/mol. The third-order valence-electron chi connectivity index (χ3n) is 4.43. The zero-order valence-electron chi connectivity index (χ0n) is 15.7. The Labute approximate surface area is 159 Å². The molecule has 1 atom stereocenters. The molecule has 3 rings (SSSR count). The fourth-order valence-corrected chi connectivity index (χ4v) is 4.06. The van der Waals surface area contributed by atoms with Gasteiger partial charge in [-0.25, -0.2) is 8.42 Å². The number of hydrogen-bond acceptors (Lipinski definition) is 6. The van der Waals surface area contributed by atoms with Crippen LogP contribution in [0.2, 0.25) is 0 Å². The van der Waals surface area contributed by atoms with Crippen LogP contribution in [0.3, 0.4) is 0 Å². The number of hydrazone groups is 1. The molecule has 0 N–H and O–H groups in total. The average molecular weight is 390 g/mol. The average Bonchev–Trinajstić information content (AvgIpc) is 3.12. The quantitative estimate of drug-likeness (QED) is 0.758. The fourth-order valence-electron chi connectivity index (χ4n) is 3.17. The van der Waals surface area contributed by atoms with E-state index in [2.05, 4.69) is 5.10 Å². The van der Waals surface area contributed by atoms with Crippen molar-refractivity contribution in [1.82, 2.24) is 4.41 Å². The highest BCUT2D eigenvalue weighted by molar-refractivity contribution is 7.88. The van der Waals surface area contributed by atoms with Crippen LogP contribution in [0.25, 0.3) is 0 Å². The Kier molecular flexibility index (Phi) is 5.27. The maximum atomic E-state index is 12.4. The van der Waals surface area contributed by atoms with Crippen LogP contribution in [0.5, 0.6) is 17.2 Å². The normalized spacial score (nSPS) is 16.8. The van der Waals surface area contributed by atoms with Crippen LogP contribution in [-0.2, 0) is 10.0 Å². The SMILES string of the molecule is COc1ccc(C2=NN(S(C)(=O)=O)[C@@H](c3ccccc3OC)C2)c(OC)c1. The largest absolute Gasteiger partial charge is 0.497 e. The minimum Gasteiger partial charge on any atom is -0.497 e. The van der Waals surface area contributed by atoms with Crippen molar-refractivity contribution < 1.29 is 22.6 Å². The predicted octanol–water partition coefficient (Wildman–Crippen LogP) is 2.82. The Morgan fingerprint density at radius 2 is 1.70 bits per heavy atom. The third kappa shape index (κ3) is 3.71. The molecule has 2 aromatic rings. The van der Waals surface area contributed by atoms with Crippen LogP contribution in [0.15, 0.2) is 47.6 Å². The molecule has 0 saturated carbocycles. The van der Waals surface area contributed by atoms with Crippen LogP contribution in [0, 0.1) is 0 Å². The van der Waals surface area contributed by atoms with Gasteiger partial charge in [0, 0.05) is 23.6 Å². The van der Waals surface area contributed by atoms with Crippen LogP contribution >= 0.6 is 0 Å². The number of para-hydroxylation sites is 1. The van der Waals surface area contributed by atoms with Crippen molar-refractivity contribution >= 4 is 15.7 Å². The van der Waals surface area contributed by atoms with Crippen molar-refractivity contribution in [2.24, 2.45) is 5.10 Å². The molecule has 0 saturated heterocycles. The Balaban J connectivity index is 2.07. The van der Waals surface area contributed by atoms with E-state index in [0.717, 1.165) is 21.8 Å². The summed E-state index contributed by atoms with van der Waals surface area (Å²) in [7, 11) is 1.12. The summed E-state index contributed by atoms with van der Waals surface area (Å²) < 4.78 is 42.0. The summed E-state index contributed by atoms with van der Waals surface area (Å²) in [6.45, 7) is 0. The van der Waals surface area contributed by atoms with Gasteiger partial charge in [0.15, 0.2) is 0 Å². The fraction of sp³-hybridized carbons (Fsp3) is 0.316. The molecular weight excluding hydrogens is 368 g/mol. The lowest BCUT2D eigenvalue weighted by Crippen LogP contribution is -2.26. The van der Waals surface area contributed by atoms with Crippen LogP contribution in [0.4, 0.5) is 0 Å². The summed E-state index contributed by atoms with van der Waals surface area (Å²) in [5.74, 6) is 1.84. The van der Waals surface area contributed by atoms with E-state index in [4.69, 9.17) is 14.2 Å². The third-order valence-corrected chi connectivity index (χ3v) is 5.45. The van der Waals surface area contributed by atoms with Crippen LogP contribution < -0.4 is 14.2 Å². The summed E-state index contributed by atoms with van der Waals surface area (Å²) in [5.41, 5.74) is 2.11.